The molecule has 0 saturated carbocycles. The van der Waals surface area contributed by atoms with Gasteiger partial charge < -0.3 is 15.7 Å². The molecule has 2 amide bonds. The maximum atomic E-state index is 11.6. The van der Waals surface area contributed by atoms with Crippen molar-refractivity contribution >= 4 is 39.3 Å². The van der Waals surface area contributed by atoms with Gasteiger partial charge in [0.05, 0.1) is 3.79 Å². The third kappa shape index (κ3) is 5.61. The minimum atomic E-state index is -1.02. The molecule has 19 heavy (non-hydrogen) atoms. The average Bonchev–Trinajstić information content (AvgIpc) is 2.71. The summed E-state index contributed by atoms with van der Waals surface area (Å²) < 4.78 is 1.05. The molecule has 1 heterocycles. The van der Waals surface area contributed by atoms with E-state index in [-0.39, 0.29) is 5.92 Å². The zero-order valence-electron chi connectivity index (χ0n) is 10.8. The van der Waals surface area contributed by atoms with Crippen LogP contribution in [0.1, 0.15) is 18.7 Å². The molecule has 1 unspecified atom stereocenters. The topological polar surface area (TPSA) is 78.4 Å². The smallest absolute Gasteiger partial charge is 0.326 e. The Labute approximate surface area is 124 Å². The minimum Gasteiger partial charge on any atom is -0.480 e. The van der Waals surface area contributed by atoms with Crippen molar-refractivity contribution in [2.75, 3.05) is 6.54 Å². The highest BCUT2D eigenvalue weighted by atomic mass is 79.9. The Balaban J connectivity index is 2.33. The van der Waals surface area contributed by atoms with E-state index >= 15 is 0 Å². The highest BCUT2D eigenvalue weighted by Gasteiger charge is 2.22. The summed E-state index contributed by atoms with van der Waals surface area (Å²) in [4.78, 5) is 23.7. The maximum absolute atomic E-state index is 11.6. The van der Waals surface area contributed by atoms with E-state index in [2.05, 4.69) is 26.6 Å². The zero-order chi connectivity index (χ0) is 14.4. The first-order chi connectivity index (χ1) is 8.90. The van der Waals surface area contributed by atoms with E-state index in [1.807, 2.05) is 12.1 Å². The number of hydrogen-bond acceptors (Lipinski definition) is 3. The summed E-state index contributed by atoms with van der Waals surface area (Å²) in [5.41, 5.74) is 0. The highest BCUT2D eigenvalue weighted by molar-refractivity contribution is 9.11. The molecular weight excluding hydrogens is 332 g/mol. The summed E-state index contributed by atoms with van der Waals surface area (Å²) in [6.07, 6.45) is 0.725. The first-order valence-electron chi connectivity index (χ1n) is 5.91. The predicted molar refractivity (Wildman–Crippen MR) is 78.5 cm³/mol. The lowest BCUT2D eigenvalue weighted by Crippen LogP contribution is -2.48. The largest absolute Gasteiger partial charge is 0.480 e. The molecule has 0 bridgehead atoms. The Morgan fingerprint density at radius 3 is 2.58 bits per heavy atom. The van der Waals surface area contributed by atoms with Crippen molar-refractivity contribution in [2.45, 2.75) is 26.3 Å². The van der Waals surface area contributed by atoms with Gasteiger partial charge in [0.2, 0.25) is 0 Å². The van der Waals surface area contributed by atoms with Gasteiger partial charge in [-0.25, -0.2) is 9.59 Å². The molecule has 0 aliphatic heterocycles. The molecule has 7 heteroatoms. The van der Waals surface area contributed by atoms with Crippen LogP contribution in [0.25, 0.3) is 0 Å². The molecule has 1 aromatic rings. The standard InChI is InChI=1S/C12H17BrN2O3S/c1-7(2)10(11(16)17)15-12(18)14-6-5-8-3-4-9(13)19-8/h3-4,7,10H,5-6H2,1-2H3,(H,16,17)(H2,14,15,18). The van der Waals surface area contributed by atoms with Crippen molar-refractivity contribution in [3.63, 3.8) is 0 Å². The number of carboxylic acid groups (broad SMARTS) is 1. The van der Waals surface area contributed by atoms with Crippen molar-refractivity contribution in [1.82, 2.24) is 10.6 Å². The van der Waals surface area contributed by atoms with E-state index in [1.165, 1.54) is 0 Å². The molecular formula is C12H17BrN2O3S. The van der Waals surface area contributed by atoms with E-state index in [4.69, 9.17) is 5.11 Å². The number of nitrogens with one attached hydrogen (secondary N) is 2. The van der Waals surface area contributed by atoms with Crippen LogP contribution in [-0.4, -0.2) is 29.7 Å². The van der Waals surface area contributed by atoms with Crippen LogP contribution in [0.2, 0.25) is 0 Å². The van der Waals surface area contributed by atoms with E-state index < -0.39 is 18.0 Å². The lowest BCUT2D eigenvalue weighted by atomic mass is 10.1. The molecule has 3 N–H and O–H groups in total. The van der Waals surface area contributed by atoms with Gasteiger partial charge in [-0.2, -0.15) is 0 Å². The summed E-state index contributed by atoms with van der Waals surface area (Å²) in [7, 11) is 0. The molecule has 0 fully saturated rings. The zero-order valence-corrected chi connectivity index (χ0v) is 13.2. The third-order valence-electron chi connectivity index (χ3n) is 2.51. The number of aliphatic carboxylic acids is 1. The van der Waals surface area contributed by atoms with Gasteiger partial charge in [0.15, 0.2) is 0 Å². The van der Waals surface area contributed by atoms with Gasteiger partial charge in [-0.3, -0.25) is 0 Å². The fraction of sp³-hybridized carbons (Fsp3) is 0.500. The molecule has 1 aromatic heterocycles. The van der Waals surface area contributed by atoms with Gasteiger partial charge in [-0.15, -0.1) is 11.3 Å². The first kappa shape index (κ1) is 16.0. The van der Waals surface area contributed by atoms with Gasteiger partial charge in [0.25, 0.3) is 0 Å². The lowest BCUT2D eigenvalue weighted by molar-refractivity contribution is -0.140. The number of carbonyl (C=O) groups is 2. The first-order valence-corrected chi connectivity index (χ1v) is 7.52. The molecule has 0 saturated heterocycles. The Kier molecular flexibility index (Phi) is 6.30. The van der Waals surface area contributed by atoms with Gasteiger partial charge in [0, 0.05) is 11.4 Å². The summed E-state index contributed by atoms with van der Waals surface area (Å²) in [5.74, 6) is -1.18. The van der Waals surface area contributed by atoms with Crippen LogP contribution in [0.4, 0.5) is 4.79 Å². The second kappa shape index (κ2) is 7.49. The molecule has 0 aliphatic rings. The molecule has 1 atom stereocenters. The fourth-order valence-corrected chi connectivity index (χ4v) is 2.97. The Morgan fingerprint density at radius 1 is 1.42 bits per heavy atom. The molecule has 0 aromatic carbocycles. The van der Waals surface area contributed by atoms with Gasteiger partial charge in [-0.1, -0.05) is 13.8 Å². The fourth-order valence-electron chi connectivity index (χ4n) is 1.49. The molecule has 1 rings (SSSR count). The number of urea groups is 1. The van der Waals surface area contributed by atoms with Crippen molar-refractivity contribution in [1.29, 1.82) is 0 Å². The number of amides is 2. The van der Waals surface area contributed by atoms with Crippen molar-refractivity contribution < 1.29 is 14.7 Å². The normalized spacial score (nSPS) is 12.2. The van der Waals surface area contributed by atoms with Crippen LogP contribution < -0.4 is 10.6 Å². The monoisotopic (exact) mass is 348 g/mol. The molecule has 106 valence electrons. The SMILES string of the molecule is CC(C)C(NC(=O)NCCc1ccc(Br)s1)C(=O)O. The Morgan fingerprint density at radius 2 is 2.11 bits per heavy atom. The second-order valence-electron chi connectivity index (χ2n) is 4.42. The van der Waals surface area contributed by atoms with Gasteiger partial charge in [-0.05, 0) is 40.4 Å². The highest BCUT2D eigenvalue weighted by Crippen LogP contribution is 2.21. The number of hydrogen-bond donors (Lipinski definition) is 3. The van der Waals surface area contributed by atoms with Crippen LogP contribution in [0.5, 0.6) is 0 Å². The van der Waals surface area contributed by atoms with E-state index in [0.717, 1.165) is 15.1 Å². The van der Waals surface area contributed by atoms with E-state index in [1.54, 1.807) is 25.2 Å². The van der Waals surface area contributed by atoms with Crippen LogP contribution in [0.3, 0.4) is 0 Å². The maximum Gasteiger partial charge on any atom is 0.326 e. The lowest BCUT2D eigenvalue weighted by Gasteiger charge is -2.18. The van der Waals surface area contributed by atoms with Crippen molar-refractivity contribution in [2.24, 2.45) is 5.92 Å². The van der Waals surface area contributed by atoms with E-state index in [9.17, 15) is 9.59 Å². The summed E-state index contributed by atoms with van der Waals surface area (Å²) in [6.45, 7) is 3.98. The Bertz CT molecular complexity index is 448. The number of rotatable bonds is 6. The van der Waals surface area contributed by atoms with Gasteiger partial charge >= 0.3 is 12.0 Å². The number of thiophene rings is 1. The number of carboxylic acids is 1. The second-order valence-corrected chi connectivity index (χ2v) is 6.96. The molecule has 0 radical (unpaired) electrons. The van der Waals surface area contributed by atoms with Crippen LogP contribution in [0, 0.1) is 5.92 Å². The van der Waals surface area contributed by atoms with Crippen LogP contribution in [0.15, 0.2) is 15.9 Å². The summed E-state index contributed by atoms with van der Waals surface area (Å²) in [5, 5.41) is 14.1. The number of carbonyl (C=O) groups excluding carboxylic acids is 1. The van der Waals surface area contributed by atoms with Gasteiger partial charge in [0.1, 0.15) is 6.04 Å². The van der Waals surface area contributed by atoms with E-state index in [0.29, 0.717) is 6.54 Å². The van der Waals surface area contributed by atoms with Crippen LogP contribution in [-0.2, 0) is 11.2 Å². The van der Waals surface area contributed by atoms with Crippen molar-refractivity contribution in [3.8, 4) is 0 Å². The summed E-state index contributed by atoms with van der Waals surface area (Å²) >= 11 is 4.99. The molecule has 0 spiro atoms. The summed E-state index contributed by atoms with van der Waals surface area (Å²) in [6, 6.07) is 2.63. The number of halogens is 1. The quantitative estimate of drug-likeness (QED) is 0.738. The van der Waals surface area contributed by atoms with Crippen molar-refractivity contribution in [3.05, 3.63) is 20.8 Å². The average molecular weight is 349 g/mol. The third-order valence-corrected chi connectivity index (χ3v) is 4.19. The molecule has 0 aliphatic carbocycles. The molecule has 5 nitrogen and oxygen atoms in total. The Hall–Kier alpha value is -1.08. The minimum absolute atomic E-state index is 0.156. The predicted octanol–water partition coefficient (Wildman–Crippen LogP) is 2.46. The van der Waals surface area contributed by atoms with Crippen LogP contribution >= 0.6 is 27.3 Å².